The van der Waals surface area contributed by atoms with Gasteiger partial charge in [0.15, 0.2) is 0 Å². The lowest BCUT2D eigenvalue weighted by Gasteiger charge is -2.32. The van der Waals surface area contributed by atoms with Crippen molar-refractivity contribution >= 4 is 23.2 Å². The highest BCUT2D eigenvalue weighted by molar-refractivity contribution is 7.15. The molecule has 2 heterocycles. The molecule has 1 saturated heterocycles. The lowest BCUT2D eigenvalue weighted by atomic mass is 9.96. The molecule has 0 bridgehead atoms. The van der Waals surface area contributed by atoms with E-state index in [2.05, 4.69) is 10.3 Å². The van der Waals surface area contributed by atoms with Gasteiger partial charge in [-0.1, -0.05) is 30.3 Å². The Morgan fingerprint density at radius 1 is 1.33 bits per heavy atom. The number of nitrogens with zero attached hydrogens (tertiary/aromatic N) is 3. The van der Waals surface area contributed by atoms with Crippen molar-refractivity contribution in [3.05, 3.63) is 41.4 Å². The number of carbonyl (C=O) groups is 2. The van der Waals surface area contributed by atoms with Gasteiger partial charge in [0.05, 0.1) is 12.5 Å². The van der Waals surface area contributed by atoms with Crippen LogP contribution in [0.25, 0.3) is 10.6 Å². The lowest BCUT2D eigenvalue weighted by molar-refractivity contribution is -0.138. The first-order valence-corrected chi connectivity index (χ1v) is 10.0. The Kier molecular flexibility index (Phi) is 6.58. The van der Waals surface area contributed by atoms with E-state index in [4.69, 9.17) is 0 Å². The summed E-state index contributed by atoms with van der Waals surface area (Å²) in [5.41, 5.74) is 1.09. The second kappa shape index (κ2) is 9.10. The minimum atomic E-state index is -0.133. The van der Waals surface area contributed by atoms with Crippen LogP contribution in [0.1, 0.15) is 17.7 Å². The number of benzene rings is 1. The van der Waals surface area contributed by atoms with Crippen LogP contribution in [0.15, 0.2) is 36.5 Å². The number of amides is 2. The standard InChI is InChI=1S/C20H26N4O2S/c1-23(2)10-11-24-14-16(8-9-18(24)25)19(26)21-12-17-13-22-20(27-17)15-6-4-3-5-7-15/h3-7,13,16H,8-12,14H2,1-2H3,(H,21,26). The van der Waals surface area contributed by atoms with E-state index in [0.717, 1.165) is 22.0 Å². The molecule has 0 spiro atoms. The summed E-state index contributed by atoms with van der Waals surface area (Å²) in [6.07, 6.45) is 2.90. The van der Waals surface area contributed by atoms with Gasteiger partial charge in [0.2, 0.25) is 11.8 Å². The summed E-state index contributed by atoms with van der Waals surface area (Å²) in [6, 6.07) is 10.0. The van der Waals surface area contributed by atoms with Crippen LogP contribution in [-0.2, 0) is 16.1 Å². The number of rotatable bonds is 7. The first kappa shape index (κ1) is 19.5. The number of thiazole rings is 1. The molecule has 27 heavy (non-hydrogen) atoms. The molecule has 1 N–H and O–H groups in total. The van der Waals surface area contributed by atoms with Crippen molar-refractivity contribution in [3.8, 4) is 10.6 Å². The average Bonchev–Trinajstić information content (AvgIpc) is 3.15. The van der Waals surface area contributed by atoms with Crippen molar-refractivity contribution in [1.29, 1.82) is 0 Å². The number of likely N-dealkylation sites (N-methyl/N-ethyl adjacent to an activating group) is 1. The van der Waals surface area contributed by atoms with Crippen LogP contribution in [0.4, 0.5) is 0 Å². The highest BCUT2D eigenvalue weighted by Crippen LogP contribution is 2.25. The van der Waals surface area contributed by atoms with Crippen LogP contribution >= 0.6 is 11.3 Å². The van der Waals surface area contributed by atoms with Crippen LogP contribution in [0.2, 0.25) is 0 Å². The van der Waals surface area contributed by atoms with Crippen molar-refractivity contribution in [3.63, 3.8) is 0 Å². The molecule has 1 fully saturated rings. The molecule has 0 radical (unpaired) electrons. The molecule has 144 valence electrons. The molecule has 2 amide bonds. The van der Waals surface area contributed by atoms with E-state index in [1.807, 2.05) is 60.4 Å². The van der Waals surface area contributed by atoms with E-state index in [1.54, 1.807) is 11.3 Å². The van der Waals surface area contributed by atoms with Crippen molar-refractivity contribution in [2.45, 2.75) is 19.4 Å². The molecule has 7 heteroatoms. The lowest BCUT2D eigenvalue weighted by Crippen LogP contribution is -2.47. The van der Waals surface area contributed by atoms with Gasteiger partial charge in [-0.05, 0) is 20.5 Å². The molecule has 1 aliphatic heterocycles. The maximum Gasteiger partial charge on any atom is 0.225 e. The molecule has 1 aromatic heterocycles. The number of aromatic nitrogens is 1. The Labute approximate surface area is 164 Å². The fourth-order valence-electron chi connectivity index (χ4n) is 3.09. The number of likely N-dealkylation sites (tertiary alicyclic amines) is 1. The Morgan fingerprint density at radius 3 is 2.85 bits per heavy atom. The zero-order valence-corrected chi connectivity index (χ0v) is 16.7. The summed E-state index contributed by atoms with van der Waals surface area (Å²) in [5.74, 6) is 0.0363. The van der Waals surface area contributed by atoms with Crippen molar-refractivity contribution < 1.29 is 9.59 Å². The van der Waals surface area contributed by atoms with E-state index >= 15 is 0 Å². The topological polar surface area (TPSA) is 65.5 Å². The minimum Gasteiger partial charge on any atom is -0.351 e. The van der Waals surface area contributed by atoms with Crippen molar-refractivity contribution in [2.24, 2.45) is 5.92 Å². The molecule has 1 aromatic carbocycles. The highest BCUT2D eigenvalue weighted by atomic mass is 32.1. The van der Waals surface area contributed by atoms with Gasteiger partial charge in [0, 0.05) is 42.7 Å². The van der Waals surface area contributed by atoms with Gasteiger partial charge in [-0.15, -0.1) is 11.3 Å². The molecule has 3 rings (SSSR count). The third kappa shape index (κ3) is 5.37. The van der Waals surface area contributed by atoms with Crippen LogP contribution in [0, 0.1) is 5.92 Å². The fraction of sp³-hybridized carbons (Fsp3) is 0.450. The number of hydrogen-bond donors (Lipinski definition) is 1. The van der Waals surface area contributed by atoms with Gasteiger partial charge in [-0.2, -0.15) is 0 Å². The van der Waals surface area contributed by atoms with E-state index in [0.29, 0.717) is 32.5 Å². The Hall–Kier alpha value is -2.25. The van der Waals surface area contributed by atoms with Crippen molar-refractivity contribution in [1.82, 2.24) is 20.1 Å². The van der Waals surface area contributed by atoms with Gasteiger partial charge in [0.25, 0.3) is 0 Å². The summed E-state index contributed by atoms with van der Waals surface area (Å²) in [5, 5.41) is 3.97. The normalized spacial score (nSPS) is 17.4. The van der Waals surface area contributed by atoms with Crippen LogP contribution in [0.5, 0.6) is 0 Å². The predicted molar refractivity (Wildman–Crippen MR) is 107 cm³/mol. The summed E-state index contributed by atoms with van der Waals surface area (Å²) in [7, 11) is 3.97. The van der Waals surface area contributed by atoms with Gasteiger partial charge in [-0.25, -0.2) is 4.98 Å². The smallest absolute Gasteiger partial charge is 0.225 e. The first-order chi connectivity index (χ1) is 13.0. The second-order valence-corrected chi connectivity index (χ2v) is 8.21. The average molecular weight is 387 g/mol. The third-order valence-corrected chi connectivity index (χ3v) is 5.75. The molecule has 0 aliphatic carbocycles. The molecule has 1 aliphatic rings. The van der Waals surface area contributed by atoms with Gasteiger partial charge < -0.3 is 15.1 Å². The zero-order valence-electron chi connectivity index (χ0n) is 15.9. The van der Waals surface area contributed by atoms with E-state index in [1.165, 1.54) is 0 Å². The summed E-state index contributed by atoms with van der Waals surface area (Å²) in [4.78, 5) is 34.0. The number of piperidine rings is 1. The largest absolute Gasteiger partial charge is 0.351 e. The summed E-state index contributed by atoms with van der Waals surface area (Å²) in [6.45, 7) is 2.47. The minimum absolute atomic E-state index is 0.0204. The number of nitrogens with one attached hydrogen (secondary N) is 1. The third-order valence-electron chi connectivity index (χ3n) is 4.70. The summed E-state index contributed by atoms with van der Waals surface area (Å²) < 4.78 is 0. The maximum absolute atomic E-state index is 12.6. The Morgan fingerprint density at radius 2 is 2.11 bits per heavy atom. The van der Waals surface area contributed by atoms with E-state index in [-0.39, 0.29) is 17.7 Å². The van der Waals surface area contributed by atoms with Crippen LogP contribution in [0.3, 0.4) is 0 Å². The summed E-state index contributed by atoms with van der Waals surface area (Å²) >= 11 is 1.59. The van der Waals surface area contributed by atoms with E-state index in [9.17, 15) is 9.59 Å². The van der Waals surface area contributed by atoms with Gasteiger partial charge in [0.1, 0.15) is 5.01 Å². The maximum atomic E-state index is 12.6. The van der Waals surface area contributed by atoms with Crippen LogP contribution < -0.4 is 5.32 Å². The number of carbonyl (C=O) groups excluding carboxylic acids is 2. The zero-order chi connectivity index (χ0) is 19.2. The highest BCUT2D eigenvalue weighted by Gasteiger charge is 2.29. The molecule has 1 unspecified atom stereocenters. The van der Waals surface area contributed by atoms with Gasteiger partial charge >= 0.3 is 0 Å². The quantitative estimate of drug-likeness (QED) is 0.793. The monoisotopic (exact) mass is 386 g/mol. The Balaban J connectivity index is 1.52. The van der Waals surface area contributed by atoms with Gasteiger partial charge in [-0.3, -0.25) is 9.59 Å². The van der Waals surface area contributed by atoms with Crippen LogP contribution in [-0.4, -0.2) is 60.3 Å². The predicted octanol–water partition coefficient (Wildman–Crippen LogP) is 2.23. The molecule has 6 nitrogen and oxygen atoms in total. The molecule has 1 atom stereocenters. The SMILES string of the molecule is CN(C)CCN1CC(C(=O)NCc2cnc(-c3ccccc3)s2)CCC1=O. The molecular formula is C20H26N4O2S. The number of hydrogen-bond acceptors (Lipinski definition) is 5. The first-order valence-electron chi connectivity index (χ1n) is 9.23. The second-order valence-electron chi connectivity index (χ2n) is 7.09. The molecule has 0 saturated carbocycles. The molecule has 2 aromatic rings. The Bertz CT molecular complexity index is 775. The van der Waals surface area contributed by atoms with Crippen molar-refractivity contribution in [2.75, 3.05) is 33.7 Å². The van der Waals surface area contributed by atoms with E-state index < -0.39 is 0 Å². The molecular weight excluding hydrogens is 360 g/mol. The fourth-order valence-corrected chi connectivity index (χ4v) is 3.95.